The summed E-state index contributed by atoms with van der Waals surface area (Å²) in [4.78, 5) is 12.8. The van der Waals surface area contributed by atoms with Gasteiger partial charge in [-0.25, -0.2) is 9.97 Å². The summed E-state index contributed by atoms with van der Waals surface area (Å²) < 4.78 is 1.01. The molecule has 0 aliphatic heterocycles. The molecule has 0 aliphatic carbocycles. The molecule has 0 spiro atoms. The van der Waals surface area contributed by atoms with E-state index in [2.05, 4.69) is 30.9 Å². The third-order valence-corrected chi connectivity index (χ3v) is 3.47. The van der Waals surface area contributed by atoms with Gasteiger partial charge < -0.3 is 16.9 Å². The molecule has 1 aromatic heterocycles. The Morgan fingerprint density at radius 2 is 1.61 bits per heavy atom. The monoisotopic (exact) mass is 395 g/mol. The molecule has 0 atom stereocenters. The molecule has 3 aromatic rings. The number of rotatable bonds is 2. The van der Waals surface area contributed by atoms with E-state index in [0.29, 0.717) is 0 Å². The number of guanidine groups is 1. The third kappa shape index (κ3) is 4.16. The van der Waals surface area contributed by atoms with Crippen LogP contribution in [0.1, 0.15) is 0 Å². The van der Waals surface area contributed by atoms with Crippen LogP contribution in [-0.4, -0.2) is 21.4 Å². The summed E-state index contributed by atoms with van der Waals surface area (Å²) >= 11 is 3.43. The smallest absolute Gasteiger partial charge is 0.253 e. The highest BCUT2D eigenvalue weighted by Crippen LogP contribution is 2.28. The quantitative estimate of drug-likeness (QED) is 0.510. The number of aromatic nitrogens is 2. The van der Waals surface area contributed by atoms with Gasteiger partial charge in [0.05, 0.1) is 11.2 Å². The summed E-state index contributed by atoms with van der Waals surface area (Å²) in [5.41, 5.74) is 13.4. The van der Waals surface area contributed by atoms with Gasteiger partial charge in [-0.2, -0.15) is 4.99 Å². The highest BCUT2D eigenvalue weighted by Gasteiger charge is 2.09. The maximum absolute atomic E-state index is 5.42. The number of hydrogen-bond acceptors (Lipinski definition) is 3. The summed E-state index contributed by atoms with van der Waals surface area (Å²) in [6.45, 7) is 0. The number of nitrogens with zero attached hydrogens (tertiary/aromatic N) is 3. The molecule has 0 fully saturated rings. The molecule has 0 radical (unpaired) electrons. The molecule has 0 bridgehead atoms. The van der Waals surface area contributed by atoms with Crippen LogP contribution in [0.4, 0.5) is 5.95 Å². The second kappa shape index (κ2) is 7.87. The molecular weight excluding hydrogens is 382 g/mol. The zero-order chi connectivity index (χ0) is 14.8. The number of benzene rings is 2. The number of fused-ring (bicyclic) bond motifs is 1. The zero-order valence-electron chi connectivity index (χ0n) is 11.9. The van der Waals surface area contributed by atoms with Gasteiger partial charge in [0.15, 0.2) is 5.96 Å². The molecule has 120 valence electrons. The lowest BCUT2D eigenvalue weighted by Crippen LogP contribution is -2.22. The van der Waals surface area contributed by atoms with Crippen molar-refractivity contribution in [1.29, 1.82) is 0 Å². The molecule has 2 aromatic carbocycles. The van der Waals surface area contributed by atoms with Gasteiger partial charge in [0.25, 0.3) is 5.95 Å². The van der Waals surface area contributed by atoms with Crippen molar-refractivity contribution in [2.75, 3.05) is 0 Å². The number of halogens is 2. The summed E-state index contributed by atoms with van der Waals surface area (Å²) in [5, 5.41) is 0.953. The SMILES string of the molecule is Cl.NC(N)=Nc1nc(-c2ccc(Br)cc2)c2ccccc2n1.O. The zero-order valence-corrected chi connectivity index (χ0v) is 14.3. The fourth-order valence-electron chi connectivity index (χ4n) is 2.06. The Hall–Kier alpha value is -2.22. The van der Waals surface area contributed by atoms with Crippen LogP contribution < -0.4 is 11.5 Å². The van der Waals surface area contributed by atoms with E-state index in [0.717, 1.165) is 26.6 Å². The highest BCUT2D eigenvalue weighted by molar-refractivity contribution is 9.10. The van der Waals surface area contributed by atoms with E-state index in [1.54, 1.807) is 0 Å². The lowest BCUT2D eigenvalue weighted by molar-refractivity contribution is 0.824. The predicted octanol–water partition coefficient (Wildman–Crippen LogP) is 2.56. The van der Waals surface area contributed by atoms with Gasteiger partial charge in [0, 0.05) is 15.4 Å². The van der Waals surface area contributed by atoms with E-state index in [1.807, 2.05) is 48.5 Å². The van der Waals surface area contributed by atoms with Crippen LogP contribution in [0.15, 0.2) is 58.0 Å². The van der Waals surface area contributed by atoms with Gasteiger partial charge in [0.1, 0.15) is 0 Å². The number of aliphatic imine (C=N–C) groups is 1. The normalized spacial score (nSPS) is 9.61. The van der Waals surface area contributed by atoms with E-state index >= 15 is 0 Å². The van der Waals surface area contributed by atoms with Crippen molar-refractivity contribution in [3.63, 3.8) is 0 Å². The molecule has 0 saturated carbocycles. The summed E-state index contributed by atoms with van der Waals surface area (Å²) in [7, 11) is 0. The molecule has 0 amide bonds. The summed E-state index contributed by atoms with van der Waals surface area (Å²) in [5.74, 6) is 0.193. The predicted molar refractivity (Wildman–Crippen MR) is 99.0 cm³/mol. The first-order valence-corrected chi connectivity index (χ1v) is 7.05. The minimum absolute atomic E-state index is 0. The van der Waals surface area contributed by atoms with Crippen LogP contribution in [0.25, 0.3) is 22.2 Å². The molecule has 23 heavy (non-hydrogen) atoms. The number of para-hydroxylation sites is 1. The summed E-state index contributed by atoms with van der Waals surface area (Å²) in [6, 6.07) is 15.7. The largest absolute Gasteiger partial charge is 0.412 e. The van der Waals surface area contributed by atoms with E-state index in [4.69, 9.17) is 11.5 Å². The minimum Gasteiger partial charge on any atom is -0.412 e. The minimum atomic E-state index is -0.0629. The first-order valence-electron chi connectivity index (χ1n) is 6.26. The molecule has 1 heterocycles. The molecule has 0 saturated heterocycles. The van der Waals surface area contributed by atoms with Crippen LogP contribution in [-0.2, 0) is 0 Å². The van der Waals surface area contributed by atoms with Crippen molar-refractivity contribution in [2.45, 2.75) is 0 Å². The Bertz CT molecular complexity index is 835. The van der Waals surface area contributed by atoms with Crippen LogP contribution >= 0.6 is 28.3 Å². The topological polar surface area (TPSA) is 122 Å². The maximum Gasteiger partial charge on any atom is 0.253 e. The molecule has 6 N–H and O–H groups in total. The van der Waals surface area contributed by atoms with E-state index in [1.165, 1.54) is 0 Å². The molecule has 0 unspecified atom stereocenters. The van der Waals surface area contributed by atoms with Crippen molar-refractivity contribution < 1.29 is 5.48 Å². The van der Waals surface area contributed by atoms with Crippen LogP contribution in [0.3, 0.4) is 0 Å². The van der Waals surface area contributed by atoms with E-state index in [-0.39, 0.29) is 29.8 Å². The second-order valence-corrected chi connectivity index (χ2v) is 5.35. The standard InChI is InChI=1S/C15H12BrN5.ClH.H2O/c16-10-7-5-9(6-8-10)13-11-3-1-2-4-12(11)19-15(20-13)21-14(17)18;;/h1-8H,(H4,17,18,19,20,21);1H;1H2. The van der Waals surface area contributed by atoms with Crippen molar-refractivity contribution >= 4 is 51.1 Å². The van der Waals surface area contributed by atoms with Crippen molar-refractivity contribution in [3.05, 3.63) is 53.0 Å². The van der Waals surface area contributed by atoms with Crippen LogP contribution in [0, 0.1) is 0 Å². The van der Waals surface area contributed by atoms with Gasteiger partial charge in [-0.05, 0) is 18.2 Å². The number of hydrogen-bond donors (Lipinski definition) is 2. The van der Waals surface area contributed by atoms with Crippen molar-refractivity contribution in [1.82, 2.24) is 9.97 Å². The summed E-state index contributed by atoms with van der Waals surface area (Å²) in [6.07, 6.45) is 0. The van der Waals surface area contributed by atoms with Crippen LogP contribution in [0.5, 0.6) is 0 Å². The second-order valence-electron chi connectivity index (χ2n) is 4.43. The first kappa shape index (κ1) is 18.8. The van der Waals surface area contributed by atoms with Gasteiger partial charge in [0.2, 0.25) is 0 Å². The fraction of sp³-hybridized carbons (Fsp3) is 0. The van der Waals surface area contributed by atoms with Crippen molar-refractivity contribution in [3.8, 4) is 11.3 Å². The fourth-order valence-corrected chi connectivity index (χ4v) is 2.32. The van der Waals surface area contributed by atoms with Gasteiger partial charge in [-0.15, -0.1) is 12.4 Å². The van der Waals surface area contributed by atoms with Gasteiger partial charge >= 0.3 is 0 Å². The lowest BCUT2D eigenvalue weighted by Gasteiger charge is -2.07. The Balaban J connectivity index is 0.00000132. The molecule has 6 nitrogen and oxygen atoms in total. The first-order chi connectivity index (χ1) is 10.1. The Morgan fingerprint density at radius 1 is 0.957 bits per heavy atom. The van der Waals surface area contributed by atoms with Crippen LogP contribution in [0.2, 0.25) is 0 Å². The number of nitrogens with two attached hydrogens (primary N) is 2. The Labute approximate surface area is 147 Å². The van der Waals surface area contributed by atoms with E-state index in [9.17, 15) is 0 Å². The molecule has 0 aliphatic rings. The Kier molecular flexibility index (Phi) is 6.44. The van der Waals surface area contributed by atoms with E-state index < -0.39 is 0 Å². The van der Waals surface area contributed by atoms with Gasteiger partial charge in [-0.1, -0.05) is 46.3 Å². The van der Waals surface area contributed by atoms with Gasteiger partial charge in [-0.3, -0.25) is 0 Å². The third-order valence-electron chi connectivity index (χ3n) is 2.94. The maximum atomic E-state index is 5.42. The Morgan fingerprint density at radius 3 is 2.26 bits per heavy atom. The average molecular weight is 397 g/mol. The molecular formula is C15H15BrClN5O. The molecule has 8 heteroatoms. The van der Waals surface area contributed by atoms with Crippen molar-refractivity contribution in [2.24, 2.45) is 16.5 Å². The average Bonchev–Trinajstić information content (AvgIpc) is 2.46. The highest BCUT2D eigenvalue weighted by atomic mass is 79.9. The lowest BCUT2D eigenvalue weighted by atomic mass is 10.1. The molecule has 3 rings (SSSR count).